The van der Waals surface area contributed by atoms with Crippen LogP contribution < -0.4 is 4.74 Å². The lowest BCUT2D eigenvalue weighted by atomic mass is 9.75. The number of nitrogens with zero attached hydrogens (tertiary/aromatic N) is 5. The second-order valence-corrected chi connectivity index (χ2v) is 8.08. The van der Waals surface area contributed by atoms with Crippen molar-refractivity contribution in [1.82, 2.24) is 24.8 Å². The quantitative estimate of drug-likeness (QED) is 0.642. The number of para-hydroxylation sites is 1. The van der Waals surface area contributed by atoms with Gasteiger partial charge in [0.15, 0.2) is 0 Å². The molecule has 1 aromatic heterocycles. The Kier molecular flexibility index (Phi) is 5.94. The average Bonchev–Trinajstić information content (AvgIpc) is 3.20. The van der Waals surface area contributed by atoms with Gasteiger partial charge in [0.1, 0.15) is 18.1 Å². The monoisotopic (exact) mass is 395 g/mol. The molecule has 4 atom stereocenters. The highest BCUT2D eigenvalue weighted by atomic mass is 16.5. The van der Waals surface area contributed by atoms with E-state index < -0.39 is 0 Å². The maximum atomic E-state index is 12.7. The molecule has 0 radical (unpaired) electrons. The summed E-state index contributed by atoms with van der Waals surface area (Å²) in [6.07, 6.45) is 5.88. The molecule has 7 nitrogen and oxygen atoms in total. The minimum Gasteiger partial charge on any atom is -0.487 e. The number of carbonyl (C=O) groups is 1. The number of benzene rings is 1. The molecule has 0 N–H and O–H groups in total. The highest BCUT2D eigenvalue weighted by Gasteiger charge is 2.43. The minimum absolute atomic E-state index is 0.107. The largest absolute Gasteiger partial charge is 0.487 e. The van der Waals surface area contributed by atoms with Crippen molar-refractivity contribution in [3.63, 3.8) is 0 Å². The van der Waals surface area contributed by atoms with Crippen LogP contribution in [0.5, 0.6) is 5.75 Å². The number of hydrogen-bond acceptors (Lipinski definition) is 5. The molecule has 1 unspecified atom stereocenters. The molecular formula is C22H29N5O2. The topological polar surface area (TPSA) is 63.5 Å². The Morgan fingerprint density at radius 2 is 2.21 bits per heavy atom. The Morgan fingerprint density at radius 3 is 2.93 bits per heavy atom. The van der Waals surface area contributed by atoms with Crippen LogP contribution in [0.4, 0.5) is 0 Å². The third kappa shape index (κ3) is 4.50. The minimum atomic E-state index is 0.107. The number of piperidine rings is 3. The molecule has 0 aliphatic carbocycles. The average molecular weight is 396 g/mol. The van der Waals surface area contributed by atoms with E-state index in [0.717, 1.165) is 43.9 Å². The van der Waals surface area contributed by atoms with E-state index in [-0.39, 0.29) is 11.8 Å². The molecule has 29 heavy (non-hydrogen) atoms. The van der Waals surface area contributed by atoms with Crippen LogP contribution in [0.15, 0.2) is 49.2 Å². The molecule has 3 fully saturated rings. The van der Waals surface area contributed by atoms with Crippen LogP contribution in [-0.2, 0) is 17.9 Å². The van der Waals surface area contributed by atoms with Crippen LogP contribution in [0.25, 0.3) is 0 Å². The molecular weight excluding hydrogens is 366 g/mol. The van der Waals surface area contributed by atoms with Gasteiger partial charge >= 0.3 is 0 Å². The van der Waals surface area contributed by atoms with E-state index in [2.05, 4.69) is 21.8 Å². The zero-order valence-electron chi connectivity index (χ0n) is 17.0. The lowest BCUT2D eigenvalue weighted by Crippen LogP contribution is -2.58. The van der Waals surface area contributed by atoms with Crippen LogP contribution in [0, 0.1) is 11.8 Å². The second kappa shape index (κ2) is 8.78. The van der Waals surface area contributed by atoms with Gasteiger partial charge in [-0.3, -0.25) is 14.4 Å². The Balaban J connectivity index is 1.32. The van der Waals surface area contributed by atoms with Gasteiger partial charge < -0.3 is 9.64 Å². The smallest absolute Gasteiger partial charge is 0.227 e. The van der Waals surface area contributed by atoms with Crippen molar-refractivity contribution in [2.75, 3.05) is 26.7 Å². The van der Waals surface area contributed by atoms with Gasteiger partial charge in [0.25, 0.3) is 0 Å². The number of rotatable bonds is 8. The van der Waals surface area contributed by atoms with Crippen LogP contribution in [0.3, 0.4) is 0 Å². The number of carbonyl (C=O) groups excluding carboxylic acids is 1. The summed E-state index contributed by atoms with van der Waals surface area (Å²) in [5.41, 5.74) is 0.823. The molecule has 0 saturated carbocycles. The number of hydrogen-bond donors (Lipinski definition) is 0. The second-order valence-electron chi connectivity index (χ2n) is 8.08. The van der Waals surface area contributed by atoms with Crippen molar-refractivity contribution in [1.29, 1.82) is 0 Å². The van der Waals surface area contributed by atoms with Gasteiger partial charge in [-0.05, 0) is 37.4 Å². The standard InChI is InChI=1S/C22H29N5O2/c1-3-10-25(2)22(28)21-15-26-11-9-17(21)12-19(26)14-27-13-18(23-24-27)16-29-20-7-5-4-6-8-20/h3-8,13,17,19,21H,1,9-12,14-16H2,2H3/t17-,19+,21+/m0/s1. The summed E-state index contributed by atoms with van der Waals surface area (Å²) in [5.74, 6) is 1.64. The highest BCUT2D eigenvalue weighted by Crippen LogP contribution is 2.37. The van der Waals surface area contributed by atoms with Gasteiger partial charge in [0.2, 0.25) is 5.91 Å². The third-order valence-corrected chi connectivity index (χ3v) is 6.09. The maximum Gasteiger partial charge on any atom is 0.227 e. The summed E-state index contributed by atoms with van der Waals surface area (Å²) in [5, 5.41) is 8.53. The van der Waals surface area contributed by atoms with Crippen molar-refractivity contribution in [2.24, 2.45) is 11.8 Å². The molecule has 3 aliphatic heterocycles. The maximum absolute atomic E-state index is 12.7. The van der Waals surface area contributed by atoms with Crippen LogP contribution in [-0.4, -0.2) is 63.4 Å². The fraction of sp³-hybridized carbons (Fsp3) is 0.500. The van der Waals surface area contributed by atoms with Gasteiger partial charge in [0.05, 0.1) is 18.7 Å². The van der Waals surface area contributed by atoms with Crippen LogP contribution in [0.2, 0.25) is 0 Å². The lowest BCUT2D eigenvalue weighted by Gasteiger charge is -2.49. The lowest BCUT2D eigenvalue weighted by molar-refractivity contribution is -0.142. The number of ether oxygens (including phenoxy) is 1. The first-order valence-electron chi connectivity index (χ1n) is 10.3. The molecule has 0 spiro atoms. The third-order valence-electron chi connectivity index (χ3n) is 6.09. The Labute approximate surface area is 171 Å². The van der Waals surface area contributed by atoms with Crippen LogP contribution in [0.1, 0.15) is 18.5 Å². The van der Waals surface area contributed by atoms with E-state index in [1.807, 2.05) is 48.3 Å². The van der Waals surface area contributed by atoms with Crippen molar-refractivity contribution >= 4 is 5.91 Å². The summed E-state index contributed by atoms with van der Waals surface area (Å²) in [6.45, 7) is 7.46. The van der Waals surface area contributed by atoms with Crippen molar-refractivity contribution in [2.45, 2.75) is 32.0 Å². The van der Waals surface area contributed by atoms with Gasteiger partial charge in [-0.2, -0.15) is 0 Å². The van der Waals surface area contributed by atoms with Crippen LogP contribution >= 0.6 is 0 Å². The molecule has 2 bridgehead atoms. The Morgan fingerprint density at radius 1 is 1.38 bits per heavy atom. The summed E-state index contributed by atoms with van der Waals surface area (Å²) >= 11 is 0. The van der Waals surface area contributed by atoms with Gasteiger partial charge in [-0.15, -0.1) is 11.7 Å². The first-order chi connectivity index (χ1) is 14.1. The molecule has 3 aliphatic rings. The van der Waals surface area contributed by atoms with Gasteiger partial charge in [-0.25, -0.2) is 0 Å². The van der Waals surface area contributed by atoms with E-state index in [9.17, 15) is 4.79 Å². The number of fused-ring (bicyclic) bond motifs is 3. The fourth-order valence-corrected chi connectivity index (χ4v) is 4.56. The molecule has 1 aromatic carbocycles. The van der Waals surface area contributed by atoms with E-state index in [0.29, 0.717) is 25.1 Å². The zero-order valence-corrected chi connectivity index (χ0v) is 17.0. The SMILES string of the molecule is C=CCN(C)C(=O)[C@@H]1CN2CC[C@H]1C[C@@H]2Cn1cc(COc2ccccc2)nn1. The van der Waals surface area contributed by atoms with E-state index in [1.165, 1.54) is 0 Å². The predicted octanol–water partition coefficient (Wildman–Crippen LogP) is 2.21. The van der Waals surface area contributed by atoms with Gasteiger partial charge in [-0.1, -0.05) is 29.5 Å². The zero-order chi connectivity index (χ0) is 20.2. The highest BCUT2D eigenvalue weighted by molar-refractivity contribution is 5.79. The van der Waals surface area contributed by atoms with E-state index in [4.69, 9.17) is 4.74 Å². The van der Waals surface area contributed by atoms with E-state index in [1.54, 1.807) is 11.0 Å². The summed E-state index contributed by atoms with van der Waals surface area (Å²) in [6, 6.07) is 10.1. The molecule has 5 rings (SSSR count). The van der Waals surface area contributed by atoms with Gasteiger partial charge in [0, 0.05) is 26.2 Å². The summed E-state index contributed by atoms with van der Waals surface area (Å²) < 4.78 is 7.66. The molecule has 4 heterocycles. The fourth-order valence-electron chi connectivity index (χ4n) is 4.56. The predicted molar refractivity (Wildman–Crippen MR) is 110 cm³/mol. The molecule has 2 aromatic rings. The normalized spacial score (nSPS) is 25.6. The first kappa shape index (κ1) is 19.6. The summed E-state index contributed by atoms with van der Waals surface area (Å²) in [7, 11) is 1.87. The van der Waals surface area contributed by atoms with Crippen molar-refractivity contribution < 1.29 is 9.53 Å². The molecule has 3 saturated heterocycles. The van der Waals surface area contributed by atoms with E-state index >= 15 is 0 Å². The van der Waals surface area contributed by atoms with Crippen molar-refractivity contribution in [3.05, 3.63) is 54.9 Å². The molecule has 154 valence electrons. The molecule has 7 heteroatoms. The van der Waals surface area contributed by atoms with Crippen molar-refractivity contribution in [3.8, 4) is 5.75 Å². The first-order valence-corrected chi connectivity index (χ1v) is 10.3. The number of amides is 1. The number of likely N-dealkylation sites (N-methyl/N-ethyl adjacent to an activating group) is 1. The Bertz CT molecular complexity index is 837. The molecule has 1 amide bonds. The number of aromatic nitrogens is 3. The Hall–Kier alpha value is -2.67. The summed E-state index contributed by atoms with van der Waals surface area (Å²) in [4.78, 5) is 17.0.